The highest BCUT2D eigenvalue weighted by molar-refractivity contribution is 7.96. The average Bonchev–Trinajstić information content (AvgIpc) is 2.68. The van der Waals surface area contributed by atoms with Gasteiger partial charge in [-0.1, -0.05) is 12.1 Å². The van der Waals surface area contributed by atoms with Crippen molar-refractivity contribution in [1.82, 2.24) is 9.66 Å². The number of sulfonamides is 1. The molecule has 2 heterocycles. The Bertz CT molecular complexity index is 993. The van der Waals surface area contributed by atoms with Gasteiger partial charge in [0.05, 0.1) is 15.8 Å². The lowest BCUT2D eigenvalue weighted by Gasteiger charge is -2.26. The number of fused-ring (bicyclic) bond motifs is 1. The Morgan fingerprint density at radius 2 is 1.87 bits per heavy atom. The normalized spacial score (nSPS) is 20.5. The quantitative estimate of drug-likeness (QED) is 0.650. The molecule has 0 aliphatic carbocycles. The minimum Gasteiger partial charge on any atom is -0.267 e. The first-order valence-electron chi connectivity index (χ1n) is 6.81. The molecule has 0 bridgehead atoms. The summed E-state index contributed by atoms with van der Waals surface area (Å²) in [5, 5.41) is 9.41. The molecule has 9 heteroatoms. The van der Waals surface area contributed by atoms with Crippen molar-refractivity contribution >= 4 is 20.9 Å². The summed E-state index contributed by atoms with van der Waals surface area (Å²) in [6.07, 6.45) is -1.31. The van der Waals surface area contributed by atoms with Crippen molar-refractivity contribution in [2.24, 2.45) is 0 Å². The molecule has 1 atom stereocenters. The fourth-order valence-corrected chi connectivity index (χ4v) is 4.25. The lowest BCUT2D eigenvalue weighted by Crippen LogP contribution is -2.51. The summed E-state index contributed by atoms with van der Waals surface area (Å²) in [5.41, 5.74) is 0.207. The molecular weight excluding hydrogens is 322 g/mol. The molecule has 1 aliphatic heterocycles. The zero-order chi connectivity index (χ0) is 16.9. The first-order valence-corrected chi connectivity index (χ1v) is 8.25. The van der Waals surface area contributed by atoms with Gasteiger partial charge in [-0.05, 0) is 38.5 Å². The molecule has 2 aromatic rings. The molecule has 1 aromatic carbocycles. The highest BCUT2D eigenvalue weighted by Crippen LogP contribution is 2.30. The molecule has 0 saturated carbocycles. The predicted octanol–water partition coefficient (Wildman–Crippen LogP) is 1.10. The maximum absolute atomic E-state index is 12.8. The molecule has 0 amide bonds. The molecule has 23 heavy (non-hydrogen) atoms. The molecule has 0 radical (unpaired) electrons. The monoisotopic (exact) mass is 337 g/mol. The number of hydrogen-bond donors (Lipinski definition) is 1. The number of allylic oxidation sites excluding steroid dienone is 1. The summed E-state index contributed by atoms with van der Waals surface area (Å²) < 4.78 is 26.8. The van der Waals surface area contributed by atoms with Crippen LogP contribution in [0.1, 0.15) is 19.7 Å². The van der Waals surface area contributed by atoms with Gasteiger partial charge in [0.2, 0.25) is 6.23 Å². The van der Waals surface area contributed by atoms with E-state index in [-0.39, 0.29) is 16.1 Å². The van der Waals surface area contributed by atoms with Crippen molar-refractivity contribution in [1.29, 1.82) is 0 Å². The summed E-state index contributed by atoms with van der Waals surface area (Å²) in [7, 11) is -3.99. The van der Waals surface area contributed by atoms with E-state index < -0.39 is 21.8 Å². The number of aryl methyl sites for hydroxylation is 1. The van der Waals surface area contributed by atoms with Gasteiger partial charge in [0.1, 0.15) is 5.82 Å². The lowest BCUT2D eigenvalue weighted by atomic mass is 10.2. The molecule has 122 valence electrons. The first-order chi connectivity index (χ1) is 10.8. The summed E-state index contributed by atoms with van der Waals surface area (Å²) in [6.45, 7) is 4.43. The first kappa shape index (κ1) is 15.7. The molecule has 3 rings (SSSR count). The van der Waals surface area contributed by atoms with Gasteiger partial charge >= 0.3 is 0 Å². The maximum Gasteiger partial charge on any atom is 0.281 e. The van der Waals surface area contributed by atoms with Crippen LogP contribution in [0.4, 0.5) is 0 Å². The van der Waals surface area contributed by atoms with Gasteiger partial charge in [0.25, 0.3) is 15.6 Å². The Morgan fingerprint density at radius 1 is 1.22 bits per heavy atom. The molecule has 8 nitrogen and oxygen atoms in total. The van der Waals surface area contributed by atoms with Gasteiger partial charge in [-0.15, -0.1) is 0 Å². The maximum atomic E-state index is 12.8. The van der Waals surface area contributed by atoms with E-state index in [1.54, 1.807) is 24.3 Å². The Hall–Kier alpha value is -2.23. The van der Waals surface area contributed by atoms with E-state index in [0.29, 0.717) is 11.1 Å². The second-order valence-corrected chi connectivity index (χ2v) is 7.20. The van der Waals surface area contributed by atoms with Crippen LogP contribution in [0, 0.1) is 6.92 Å². The van der Waals surface area contributed by atoms with Gasteiger partial charge in [-0.3, -0.25) is 4.79 Å². The van der Waals surface area contributed by atoms with Gasteiger partial charge in [-0.25, -0.2) is 15.1 Å². The number of rotatable bonds is 2. The number of aromatic nitrogens is 2. The Labute approximate surface area is 132 Å². The minimum absolute atomic E-state index is 0.0241. The van der Waals surface area contributed by atoms with Crippen molar-refractivity contribution in [3.05, 3.63) is 50.9 Å². The van der Waals surface area contributed by atoms with Crippen LogP contribution in [0.25, 0.3) is 10.9 Å². The number of hydrogen-bond acceptors (Lipinski definition) is 6. The number of nitrogens with zero attached hydrogens (tertiary/aromatic N) is 3. The number of benzene rings is 1. The second-order valence-electron chi connectivity index (χ2n) is 5.27. The Balaban J connectivity index is 2.35. The van der Waals surface area contributed by atoms with Crippen LogP contribution < -0.4 is 9.97 Å². The summed E-state index contributed by atoms with van der Waals surface area (Å²) in [6, 6.07) is 6.63. The zero-order valence-electron chi connectivity index (χ0n) is 12.7. The van der Waals surface area contributed by atoms with Crippen LogP contribution in [0.5, 0.6) is 0 Å². The van der Waals surface area contributed by atoms with Crippen LogP contribution in [0.15, 0.2) is 39.5 Å². The van der Waals surface area contributed by atoms with Crippen LogP contribution in [-0.2, 0) is 14.9 Å². The molecule has 1 unspecified atom stereocenters. The van der Waals surface area contributed by atoms with E-state index >= 15 is 0 Å². The van der Waals surface area contributed by atoms with E-state index in [1.165, 1.54) is 20.8 Å². The van der Waals surface area contributed by atoms with Gasteiger partial charge in [-0.2, -0.15) is 17.5 Å². The second kappa shape index (κ2) is 5.15. The highest BCUT2D eigenvalue weighted by Gasteiger charge is 2.44. The fraction of sp³-hybridized carbons (Fsp3) is 0.286. The lowest BCUT2D eigenvalue weighted by molar-refractivity contribution is -0.267. The zero-order valence-corrected chi connectivity index (χ0v) is 13.5. The largest absolute Gasteiger partial charge is 0.281 e. The molecule has 0 saturated heterocycles. The molecule has 1 aliphatic rings. The van der Waals surface area contributed by atoms with E-state index in [1.807, 2.05) is 0 Å². The van der Waals surface area contributed by atoms with E-state index in [9.17, 15) is 13.2 Å². The molecule has 0 fully saturated rings. The van der Waals surface area contributed by atoms with Gasteiger partial charge in [0.15, 0.2) is 0 Å². The SMILES string of the molecule is CC1=C(C)S(=O)(=O)N(n2c(C)nc3ccccc3c2=O)C1OO. The molecule has 1 aromatic heterocycles. The van der Waals surface area contributed by atoms with Crippen LogP contribution in [0.3, 0.4) is 0 Å². The van der Waals surface area contributed by atoms with Crippen LogP contribution in [0.2, 0.25) is 0 Å². The average molecular weight is 337 g/mol. The van der Waals surface area contributed by atoms with E-state index in [2.05, 4.69) is 9.87 Å². The molecular formula is C14H15N3O5S. The third-order valence-electron chi connectivity index (χ3n) is 3.97. The Kier molecular flexibility index (Phi) is 3.51. The van der Waals surface area contributed by atoms with Crippen molar-refractivity contribution < 1.29 is 18.6 Å². The minimum atomic E-state index is -3.99. The van der Waals surface area contributed by atoms with Crippen molar-refractivity contribution in [3.8, 4) is 0 Å². The highest BCUT2D eigenvalue weighted by atomic mass is 32.2. The van der Waals surface area contributed by atoms with Crippen molar-refractivity contribution in [2.75, 3.05) is 4.41 Å². The molecule has 0 spiro atoms. The molecule has 1 N–H and O–H groups in total. The summed E-state index contributed by atoms with van der Waals surface area (Å²) in [5.74, 6) is 0.168. The smallest absolute Gasteiger partial charge is 0.267 e. The van der Waals surface area contributed by atoms with Crippen LogP contribution in [-0.4, -0.2) is 29.6 Å². The van der Waals surface area contributed by atoms with Crippen molar-refractivity contribution in [3.63, 3.8) is 0 Å². The van der Waals surface area contributed by atoms with Gasteiger partial charge < -0.3 is 0 Å². The van der Waals surface area contributed by atoms with Crippen molar-refractivity contribution in [2.45, 2.75) is 27.0 Å². The fourth-order valence-electron chi connectivity index (χ4n) is 2.61. The standard InChI is InChI=1S/C14H15N3O5S/c1-8-9(2)23(20,21)17(14(8)22-19)16-10(3)15-12-7-5-4-6-11(12)13(16)18/h4-7,14,19H,1-3H3. The van der Waals surface area contributed by atoms with Gasteiger partial charge in [0, 0.05) is 0 Å². The van der Waals surface area contributed by atoms with E-state index in [4.69, 9.17) is 5.26 Å². The Morgan fingerprint density at radius 3 is 2.52 bits per heavy atom. The summed E-state index contributed by atoms with van der Waals surface area (Å²) >= 11 is 0. The van der Waals surface area contributed by atoms with Crippen LogP contribution >= 0.6 is 0 Å². The third kappa shape index (κ3) is 2.08. The third-order valence-corrected chi connectivity index (χ3v) is 5.92. The summed E-state index contributed by atoms with van der Waals surface area (Å²) in [4.78, 5) is 21.4. The topological polar surface area (TPSA) is 102 Å². The predicted molar refractivity (Wildman–Crippen MR) is 83.8 cm³/mol. The van der Waals surface area contributed by atoms with E-state index in [0.717, 1.165) is 9.09 Å². The number of para-hydroxylation sites is 1.